The van der Waals surface area contributed by atoms with Crippen molar-refractivity contribution in [1.82, 2.24) is 4.90 Å². The lowest BCUT2D eigenvalue weighted by molar-refractivity contribution is 0.0650. The van der Waals surface area contributed by atoms with Gasteiger partial charge in [-0.25, -0.2) is 0 Å². The van der Waals surface area contributed by atoms with Gasteiger partial charge in [-0.15, -0.1) is 0 Å². The van der Waals surface area contributed by atoms with Crippen molar-refractivity contribution in [3.05, 3.63) is 59.7 Å². The number of Topliss-reactive ketones (excluding diaryl/α,β-unsaturated/α-hetero) is 1. The number of hydrogen-bond donors (Lipinski definition) is 0. The number of amides is 1. The zero-order valence-corrected chi connectivity index (χ0v) is 13.8. The summed E-state index contributed by atoms with van der Waals surface area (Å²) in [5.74, 6) is 1.42. The molecule has 0 radical (unpaired) electrons. The van der Waals surface area contributed by atoms with Crippen molar-refractivity contribution in [3.63, 3.8) is 0 Å². The molecule has 0 spiro atoms. The highest BCUT2D eigenvalue weighted by Gasteiger charge is 2.29. The molecule has 0 unspecified atom stereocenters. The van der Waals surface area contributed by atoms with Crippen LogP contribution in [-0.4, -0.2) is 36.5 Å². The molecule has 0 saturated carbocycles. The number of piperidine rings is 1. The Balaban J connectivity index is 1.40. The molecule has 0 aliphatic carbocycles. The van der Waals surface area contributed by atoms with Gasteiger partial charge in [0.25, 0.3) is 5.91 Å². The van der Waals surface area contributed by atoms with Crippen LogP contribution in [0.3, 0.4) is 0 Å². The van der Waals surface area contributed by atoms with E-state index < -0.39 is 0 Å². The molecular weight excluding hydrogens is 318 g/mol. The Morgan fingerprint density at radius 1 is 0.880 bits per heavy atom. The lowest BCUT2D eigenvalue weighted by atomic mass is 9.88. The molecule has 2 aliphatic heterocycles. The largest absolute Gasteiger partial charge is 0.454 e. The van der Waals surface area contributed by atoms with E-state index in [1.165, 1.54) is 0 Å². The van der Waals surface area contributed by atoms with Gasteiger partial charge in [0, 0.05) is 30.1 Å². The van der Waals surface area contributed by atoms with Crippen LogP contribution in [-0.2, 0) is 0 Å². The van der Waals surface area contributed by atoms with Gasteiger partial charge >= 0.3 is 0 Å². The van der Waals surface area contributed by atoms with Crippen LogP contribution in [0.4, 0.5) is 0 Å². The number of ketones is 1. The number of hydrogen-bond acceptors (Lipinski definition) is 4. The minimum absolute atomic E-state index is 0.0109. The molecule has 2 aromatic rings. The third-order valence-electron chi connectivity index (χ3n) is 4.83. The van der Waals surface area contributed by atoms with Crippen molar-refractivity contribution >= 4 is 11.7 Å². The monoisotopic (exact) mass is 337 g/mol. The number of rotatable bonds is 3. The molecule has 128 valence electrons. The summed E-state index contributed by atoms with van der Waals surface area (Å²) in [6, 6.07) is 14.6. The van der Waals surface area contributed by atoms with Gasteiger partial charge in [0.05, 0.1) is 0 Å². The molecule has 0 N–H and O–H groups in total. The molecule has 2 heterocycles. The molecular formula is C20H19NO4. The summed E-state index contributed by atoms with van der Waals surface area (Å²) in [4.78, 5) is 27.0. The van der Waals surface area contributed by atoms with Crippen LogP contribution in [0.1, 0.15) is 33.6 Å². The summed E-state index contributed by atoms with van der Waals surface area (Å²) < 4.78 is 10.6. The number of nitrogens with zero attached hydrogens (tertiary/aromatic N) is 1. The predicted octanol–water partition coefficient (Wildman–Crippen LogP) is 3.15. The topological polar surface area (TPSA) is 55.8 Å². The number of benzene rings is 2. The van der Waals surface area contributed by atoms with Crippen molar-refractivity contribution in [2.75, 3.05) is 19.9 Å². The van der Waals surface area contributed by atoms with E-state index in [2.05, 4.69) is 0 Å². The smallest absolute Gasteiger partial charge is 0.253 e. The second-order valence-corrected chi connectivity index (χ2v) is 6.36. The first-order chi connectivity index (χ1) is 12.2. The lowest BCUT2D eigenvalue weighted by Crippen LogP contribution is -2.40. The second kappa shape index (κ2) is 6.59. The van der Waals surface area contributed by atoms with E-state index >= 15 is 0 Å². The second-order valence-electron chi connectivity index (χ2n) is 6.36. The maximum Gasteiger partial charge on any atom is 0.253 e. The summed E-state index contributed by atoms with van der Waals surface area (Å²) in [5.41, 5.74) is 1.35. The quantitative estimate of drug-likeness (QED) is 0.808. The van der Waals surface area contributed by atoms with Gasteiger partial charge in [-0.2, -0.15) is 0 Å². The summed E-state index contributed by atoms with van der Waals surface area (Å²) in [7, 11) is 0. The summed E-state index contributed by atoms with van der Waals surface area (Å²) in [6.07, 6.45) is 1.40. The fourth-order valence-electron chi connectivity index (χ4n) is 3.40. The lowest BCUT2D eigenvalue weighted by Gasteiger charge is -2.31. The minimum Gasteiger partial charge on any atom is -0.454 e. The van der Waals surface area contributed by atoms with E-state index in [1.54, 1.807) is 18.2 Å². The molecule has 4 rings (SSSR count). The zero-order valence-electron chi connectivity index (χ0n) is 13.8. The molecule has 25 heavy (non-hydrogen) atoms. The standard InChI is InChI=1S/C20H19NO4/c22-19(14-4-2-1-3-5-14)15-8-10-21(11-9-15)20(23)16-6-7-17-18(12-16)25-13-24-17/h1-7,12,15H,8-11,13H2. The van der Waals surface area contributed by atoms with E-state index in [0.29, 0.717) is 43.0 Å². The van der Waals surface area contributed by atoms with E-state index in [-0.39, 0.29) is 24.4 Å². The minimum atomic E-state index is -0.0242. The molecule has 1 saturated heterocycles. The first-order valence-corrected chi connectivity index (χ1v) is 8.50. The fourth-order valence-corrected chi connectivity index (χ4v) is 3.40. The van der Waals surface area contributed by atoms with Gasteiger partial charge in [-0.3, -0.25) is 9.59 Å². The molecule has 0 bridgehead atoms. The highest BCUT2D eigenvalue weighted by molar-refractivity contribution is 5.98. The van der Waals surface area contributed by atoms with Crippen molar-refractivity contribution in [3.8, 4) is 11.5 Å². The molecule has 5 nitrogen and oxygen atoms in total. The third kappa shape index (κ3) is 3.09. The van der Waals surface area contributed by atoms with Crippen molar-refractivity contribution in [2.45, 2.75) is 12.8 Å². The number of carbonyl (C=O) groups excluding carboxylic acids is 2. The maximum atomic E-state index is 12.7. The molecule has 2 aliphatic rings. The highest BCUT2D eigenvalue weighted by atomic mass is 16.7. The van der Waals surface area contributed by atoms with Gasteiger partial charge in [-0.1, -0.05) is 30.3 Å². The van der Waals surface area contributed by atoms with Crippen molar-refractivity contribution in [1.29, 1.82) is 0 Å². The first kappa shape index (κ1) is 15.7. The van der Waals surface area contributed by atoms with Gasteiger partial charge in [-0.05, 0) is 31.0 Å². The van der Waals surface area contributed by atoms with Crippen LogP contribution in [0.2, 0.25) is 0 Å². The first-order valence-electron chi connectivity index (χ1n) is 8.50. The van der Waals surface area contributed by atoms with Crippen LogP contribution in [0, 0.1) is 5.92 Å². The van der Waals surface area contributed by atoms with Crippen LogP contribution >= 0.6 is 0 Å². The SMILES string of the molecule is O=C(c1ccccc1)C1CCN(C(=O)c2ccc3c(c2)OCO3)CC1. The average molecular weight is 337 g/mol. The van der Waals surface area contributed by atoms with Gasteiger partial charge in [0.15, 0.2) is 17.3 Å². The third-order valence-corrected chi connectivity index (χ3v) is 4.83. The Morgan fingerprint density at radius 3 is 2.36 bits per heavy atom. The van der Waals surface area contributed by atoms with Crippen molar-refractivity contribution in [2.24, 2.45) is 5.92 Å². The molecule has 0 aromatic heterocycles. The Hall–Kier alpha value is -2.82. The van der Waals surface area contributed by atoms with Crippen LogP contribution in [0.25, 0.3) is 0 Å². The van der Waals surface area contributed by atoms with Crippen LogP contribution in [0.5, 0.6) is 11.5 Å². The number of ether oxygens (including phenoxy) is 2. The Bertz CT molecular complexity index is 795. The molecule has 2 aromatic carbocycles. The number of carbonyl (C=O) groups is 2. The molecule has 1 amide bonds. The van der Waals surface area contributed by atoms with E-state index in [4.69, 9.17) is 9.47 Å². The normalized spacial score (nSPS) is 16.7. The van der Waals surface area contributed by atoms with Crippen LogP contribution in [0.15, 0.2) is 48.5 Å². The molecule has 0 atom stereocenters. The average Bonchev–Trinajstić information content (AvgIpc) is 3.15. The fraction of sp³-hybridized carbons (Fsp3) is 0.300. The predicted molar refractivity (Wildman–Crippen MR) is 92.0 cm³/mol. The summed E-state index contributed by atoms with van der Waals surface area (Å²) >= 11 is 0. The zero-order chi connectivity index (χ0) is 17.2. The van der Waals surface area contributed by atoms with Gasteiger partial charge in [0.2, 0.25) is 6.79 Å². The molecule has 5 heteroatoms. The van der Waals surface area contributed by atoms with Gasteiger partial charge in [0.1, 0.15) is 0 Å². The van der Waals surface area contributed by atoms with E-state index in [1.807, 2.05) is 35.2 Å². The number of fused-ring (bicyclic) bond motifs is 1. The summed E-state index contributed by atoms with van der Waals surface area (Å²) in [5, 5.41) is 0. The Morgan fingerprint density at radius 2 is 1.60 bits per heavy atom. The van der Waals surface area contributed by atoms with Gasteiger partial charge < -0.3 is 14.4 Å². The highest BCUT2D eigenvalue weighted by Crippen LogP contribution is 2.33. The summed E-state index contributed by atoms with van der Waals surface area (Å²) in [6.45, 7) is 1.38. The Labute approximate surface area is 146 Å². The van der Waals surface area contributed by atoms with Crippen LogP contribution < -0.4 is 9.47 Å². The van der Waals surface area contributed by atoms with E-state index in [9.17, 15) is 9.59 Å². The molecule has 1 fully saturated rings. The van der Waals surface area contributed by atoms with E-state index in [0.717, 1.165) is 5.56 Å². The maximum absolute atomic E-state index is 12.7. The van der Waals surface area contributed by atoms with Crippen molar-refractivity contribution < 1.29 is 19.1 Å². The Kier molecular flexibility index (Phi) is 4.14. The number of likely N-dealkylation sites (tertiary alicyclic amines) is 1.